The molecule has 1 fully saturated rings. The van der Waals surface area contributed by atoms with Crippen molar-refractivity contribution in [1.82, 2.24) is 14.9 Å². The molecule has 0 aliphatic carbocycles. The first-order valence-electron chi connectivity index (χ1n) is 8.26. The Morgan fingerprint density at radius 2 is 1.88 bits per heavy atom. The van der Waals surface area contributed by atoms with Crippen molar-refractivity contribution in [2.45, 2.75) is 18.4 Å². The quantitative estimate of drug-likeness (QED) is 0.740. The topological polar surface area (TPSA) is 69.2 Å². The first-order valence-corrected chi connectivity index (χ1v) is 8.64. The minimum Gasteiger partial charge on any atom is -0.385 e. The Bertz CT molecular complexity index is 912. The van der Waals surface area contributed by atoms with E-state index in [0.717, 1.165) is 16.6 Å². The largest absolute Gasteiger partial charge is 0.385 e. The lowest BCUT2D eigenvalue weighted by Gasteiger charge is -2.38. The van der Waals surface area contributed by atoms with E-state index < -0.39 is 5.60 Å². The van der Waals surface area contributed by atoms with E-state index in [0.29, 0.717) is 36.5 Å². The van der Waals surface area contributed by atoms with Gasteiger partial charge in [-0.2, -0.15) is 0 Å². The summed E-state index contributed by atoms with van der Waals surface area (Å²) in [7, 11) is 0. The number of benzene rings is 2. The number of nitrogens with zero attached hydrogens (tertiary/aromatic N) is 2. The van der Waals surface area contributed by atoms with Gasteiger partial charge in [0.25, 0.3) is 5.91 Å². The number of nitrogens with one attached hydrogen (secondary N) is 1. The number of rotatable bonds is 2. The molecule has 2 aromatic carbocycles. The van der Waals surface area contributed by atoms with E-state index in [-0.39, 0.29) is 5.91 Å². The lowest BCUT2D eigenvalue weighted by molar-refractivity contribution is -0.0211. The maximum Gasteiger partial charge on any atom is 0.253 e. The molecule has 25 heavy (non-hydrogen) atoms. The van der Waals surface area contributed by atoms with E-state index >= 15 is 0 Å². The predicted octanol–water partition coefficient (Wildman–Crippen LogP) is 3.34. The molecule has 0 atom stereocenters. The first-order chi connectivity index (χ1) is 12.0. The normalized spacial score (nSPS) is 17.0. The molecule has 1 aliphatic heterocycles. The van der Waals surface area contributed by atoms with Crippen molar-refractivity contribution in [2.24, 2.45) is 0 Å². The summed E-state index contributed by atoms with van der Waals surface area (Å²) in [6.07, 6.45) is 2.63. The third kappa shape index (κ3) is 3.01. The van der Waals surface area contributed by atoms with Gasteiger partial charge in [-0.15, -0.1) is 0 Å². The first kappa shape index (κ1) is 16.1. The Hall–Kier alpha value is -2.37. The minimum absolute atomic E-state index is 0.0188. The van der Waals surface area contributed by atoms with Gasteiger partial charge in [0, 0.05) is 23.7 Å². The van der Waals surface area contributed by atoms with Crippen molar-refractivity contribution in [3.63, 3.8) is 0 Å². The van der Waals surface area contributed by atoms with Crippen LogP contribution in [0.25, 0.3) is 11.0 Å². The Balaban J connectivity index is 1.49. The van der Waals surface area contributed by atoms with Crippen LogP contribution in [0, 0.1) is 0 Å². The molecule has 0 bridgehead atoms. The number of aromatic amines is 1. The van der Waals surface area contributed by atoms with Crippen LogP contribution in [0.15, 0.2) is 48.8 Å². The summed E-state index contributed by atoms with van der Waals surface area (Å²) in [5.41, 5.74) is 2.26. The second kappa shape index (κ2) is 6.17. The molecule has 0 radical (unpaired) electrons. The molecular weight excluding hydrogens is 338 g/mol. The smallest absolute Gasteiger partial charge is 0.253 e. The van der Waals surface area contributed by atoms with Crippen LogP contribution >= 0.6 is 11.6 Å². The fraction of sp³-hybridized carbons (Fsp3) is 0.263. The summed E-state index contributed by atoms with van der Waals surface area (Å²) in [4.78, 5) is 21.7. The summed E-state index contributed by atoms with van der Waals surface area (Å²) in [6, 6.07) is 12.7. The number of imidazole rings is 1. The molecule has 2 N–H and O–H groups in total. The fourth-order valence-corrected chi connectivity index (χ4v) is 3.51. The number of likely N-dealkylation sites (tertiary alicyclic amines) is 1. The van der Waals surface area contributed by atoms with Crippen LogP contribution in [0.1, 0.15) is 28.8 Å². The van der Waals surface area contributed by atoms with E-state index in [1.165, 1.54) is 0 Å². The fourth-order valence-electron chi connectivity index (χ4n) is 3.38. The van der Waals surface area contributed by atoms with Gasteiger partial charge in [0.05, 0.1) is 23.0 Å². The molecule has 6 heteroatoms. The number of halogens is 1. The zero-order chi connectivity index (χ0) is 17.4. The molecule has 0 spiro atoms. The number of aromatic nitrogens is 2. The standard InChI is InChI=1S/C19H18ClN3O2/c20-15-4-2-14(3-5-15)19(25)7-9-23(10-8-19)18(24)13-1-6-16-17(11-13)22-12-21-16/h1-6,11-12,25H,7-10H2,(H,21,22). The zero-order valence-electron chi connectivity index (χ0n) is 13.6. The number of piperidine rings is 1. The van der Waals surface area contributed by atoms with Gasteiger partial charge in [0.1, 0.15) is 0 Å². The molecule has 1 aromatic heterocycles. The van der Waals surface area contributed by atoms with Gasteiger partial charge >= 0.3 is 0 Å². The van der Waals surface area contributed by atoms with Crippen molar-refractivity contribution >= 4 is 28.5 Å². The lowest BCUT2D eigenvalue weighted by atomic mass is 9.84. The van der Waals surface area contributed by atoms with Gasteiger partial charge in [-0.25, -0.2) is 4.98 Å². The molecule has 1 saturated heterocycles. The third-order valence-corrected chi connectivity index (χ3v) is 5.18. The summed E-state index contributed by atoms with van der Waals surface area (Å²) < 4.78 is 0. The second-order valence-corrected chi connectivity index (χ2v) is 6.90. The zero-order valence-corrected chi connectivity index (χ0v) is 14.3. The molecule has 0 saturated carbocycles. The SMILES string of the molecule is O=C(c1ccc2nc[nH]c2c1)N1CCC(O)(c2ccc(Cl)cc2)CC1. The minimum atomic E-state index is -0.908. The van der Waals surface area contributed by atoms with Crippen molar-refractivity contribution in [3.05, 3.63) is 64.9 Å². The van der Waals surface area contributed by atoms with E-state index in [9.17, 15) is 9.90 Å². The van der Waals surface area contributed by atoms with Gasteiger partial charge < -0.3 is 15.0 Å². The van der Waals surface area contributed by atoms with Gasteiger partial charge in [0.2, 0.25) is 0 Å². The molecule has 5 nitrogen and oxygen atoms in total. The van der Waals surface area contributed by atoms with Crippen molar-refractivity contribution in [2.75, 3.05) is 13.1 Å². The van der Waals surface area contributed by atoms with Crippen LogP contribution in [0.3, 0.4) is 0 Å². The van der Waals surface area contributed by atoms with Crippen LogP contribution in [0.2, 0.25) is 5.02 Å². The Labute approximate surface area is 150 Å². The summed E-state index contributed by atoms with van der Waals surface area (Å²) in [6.45, 7) is 1.03. The van der Waals surface area contributed by atoms with Gasteiger partial charge in [0.15, 0.2) is 0 Å². The molecule has 2 heterocycles. The van der Waals surface area contributed by atoms with Gasteiger partial charge in [-0.05, 0) is 48.7 Å². The van der Waals surface area contributed by atoms with Crippen LogP contribution < -0.4 is 0 Å². The Morgan fingerprint density at radius 1 is 1.16 bits per heavy atom. The highest BCUT2D eigenvalue weighted by molar-refractivity contribution is 6.30. The molecule has 1 amide bonds. The highest BCUT2D eigenvalue weighted by Crippen LogP contribution is 2.33. The van der Waals surface area contributed by atoms with Crippen molar-refractivity contribution in [3.8, 4) is 0 Å². The van der Waals surface area contributed by atoms with Crippen molar-refractivity contribution < 1.29 is 9.90 Å². The molecule has 128 valence electrons. The van der Waals surface area contributed by atoms with Gasteiger partial charge in [-0.3, -0.25) is 4.79 Å². The number of H-pyrrole nitrogens is 1. The highest BCUT2D eigenvalue weighted by atomic mass is 35.5. The average molecular weight is 356 g/mol. The van der Waals surface area contributed by atoms with E-state index in [2.05, 4.69) is 9.97 Å². The predicted molar refractivity (Wildman–Crippen MR) is 96.6 cm³/mol. The number of hydrogen-bond donors (Lipinski definition) is 2. The van der Waals surface area contributed by atoms with Gasteiger partial charge in [-0.1, -0.05) is 23.7 Å². The molecule has 3 aromatic rings. The van der Waals surface area contributed by atoms with Crippen LogP contribution in [0.4, 0.5) is 0 Å². The number of hydrogen-bond acceptors (Lipinski definition) is 3. The van der Waals surface area contributed by atoms with E-state index in [1.54, 1.807) is 29.4 Å². The maximum atomic E-state index is 12.8. The molecular formula is C19H18ClN3O2. The summed E-state index contributed by atoms with van der Waals surface area (Å²) >= 11 is 5.92. The lowest BCUT2D eigenvalue weighted by Crippen LogP contribution is -2.45. The number of carbonyl (C=O) groups excluding carboxylic acids is 1. The average Bonchev–Trinajstić information content (AvgIpc) is 3.10. The summed E-state index contributed by atoms with van der Waals surface area (Å²) in [5.74, 6) is -0.0188. The maximum absolute atomic E-state index is 12.8. The van der Waals surface area contributed by atoms with E-state index in [4.69, 9.17) is 11.6 Å². The van der Waals surface area contributed by atoms with Crippen LogP contribution in [0.5, 0.6) is 0 Å². The molecule has 0 unspecified atom stereocenters. The highest BCUT2D eigenvalue weighted by Gasteiger charge is 2.35. The summed E-state index contributed by atoms with van der Waals surface area (Å²) in [5, 5.41) is 11.6. The van der Waals surface area contributed by atoms with Crippen LogP contribution in [-0.4, -0.2) is 39.0 Å². The molecule has 4 rings (SSSR count). The number of amides is 1. The number of carbonyl (C=O) groups is 1. The third-order valence-electron chi connectivity index (χ3n) is 4.93. The number of aliphatic hydroxyl groups is 1. The molecule has 1 aliphatic rings. The Kier molecular flexibility index (Phi) is 3.98. The monoisotopic (exact) mass is 355 g/mol. The van der Waals surface area contributed by atoms with Crippen LogP contribution in [-0.2, 0) is 5.60 Å². The second-order valence-electron chi connectivity index (χ2n) is 6.47. The van der Waals surface area contributed by atoms with E-state index in [1.807, 2.05) is 24.3 Å². The Morgan fingerprint density at radius 3 is 2.60 bits per heavy atom. The number of fused-ring (bicyclic) bond motifs is 1. The van der Waals surface area contributed by atoms with Crippen molar-refractivity contribution in [1.29, 1.82) is 0 Å².